The average molecular weight is 426 g/mol. The number of amides is 1. The van der Waals surface area contributed by atoms with Gasteiger partial charge in [-0.1, -0.05) is 37.3 Å². The predicted octanol–water partition coefficient (Wildman–Crippen LogP) is 3.09. The van der Waals surface area contributed by atoms with Crippen LogP contribution in [0.25, 0.3) is 0 Å². The summed E-state index contributed by atoms with van der Waals surface area (Å²) in [6.07, 6.45) is 7.71. The number of piperidine rings is 1. The highest BCUT2D eigenvalue weighted by molar-refractivity contribution is 5.84. The monoisotopic (exact) mass is 425 g/mol. The summed E-state index contributed by atoms with van der Waals surface area (Å²) < 4.78 is 5.58. The molecule has 31 heavy (non-hydrogen) atoms. The van der Waals surface area contributed by atoms with Crippen molar-refractivity contribution in [2.45, 2.75) is 63.5 Å². The molecule has 2 aliphatic carbocycles. The number of carbonyl (C=O) groups excluding carboxylic acids is 1. The zero-order valence-electron chi connectivity index (χ0n) is 19.2. The maximum absolute atomic E-state index is 14.0. The lowest BCUT2D eigenvalue weighted by Crippen LogP contribution is -2.62. The first-order valence-electron chi connectivity index (χ1n) is 12.5. The number of morpholine rings is 1. The van der Waals surface area contributed by atoms with Gasteiger partial charge in [-0.3, -0.25) is 9.69 Å². The molecule has 1 N–H and O–H groups in total. The van der Waals surface area contributed by atoms with Crippen LogP contribution in [-0.4, -0.2) is 73.2 Å². The van der Waals surface area contributed by atoms with E-state index in [2.05, 4.69) is 52.4 Å². The van der Waals surface area contributed by atoms with Gasteiger partial charge in [0.05, 0.1) is 18.6 Å². The van der Waals surface area contributed by atoms with Crippen LogP contribution in [-0.2, 0) is 16.0 Å². The van der Waals surface area contributed by atoms with E-state index in [0.717, 1.165) is 84.5 Å². The van der Waals surface area contributed by atoms with E-state index in [4.69, 9.17) is 4.74 Å². The van der Waals surface area contributed by atoms with Crippen LogP contribution in [0.1, 0.15) is 51.0 Å². The smallest absolute Gasteiger partial charge is 0.228 e. The van der Waals surface area contributed by atoms with E-state index in [-0.39, 0.29) is 11.0 Å². The Balaban J connectivity index is 1.31. The Bertz CT molecular complexity index is 759. The Kier molecular flexibility index (Phi) is 6.11. The summed E-state index contributed by atoms with van der Waals surface area (Å²) in [6, 6.07) is 11.3. The molecule has 3 atom stereocenters. The van der Waals surface area contributed by atoms with Crippen LogP contribution >= 0.6 is 0 Å². The first kappa shape index (κ1) is 21.4. The molecule has 2 saturated carbocycles. The molecule has 1 aromatic rings. The maximum Gasteiger partial charge on any atom is 0.228 e. The zero-order valence-corrected chi connectivity index (χ0v) is 19.2. The lowest BCUT2D eigenvalue weighted by atomic mass is 9.60. The molecule has 5 nitrogen and oxygen atoms in total. The lowest BCUT2D eigenvalue weighted by molar-refractivity contribution is -0.146. The molecule has 0 unspecified atom stereocenters. The molecule has 4 fully saturated rings. The lowest BCUT2D eigenvalue weighted by Gasteiger charge is -2.53. The summed E-state index contributed by atoms with van der Waals surface area (Å²) >= 11 is 0. The number of rotatable bonds is 6. The van der Waals surface area contributed by atoms with Crippen molar-refractivity contribution in [1.29, 1.82) is 0 Å². The second kappa shape index (κ2) is 8.84. The van der Waals surface area contributed by atoms with Crippen LogP contribution in [0.5, 0.6) is 0 Å². The highest BCUT2D eigenvalue weighted by Gasteiger charge is 2.55. The van der Waals surface area contributed by atoms with Gasteiger partial charge in [0, 0.05) is 31.2 Å². The van der Waals surface area contributed by atoms with Crippen molar-refractivity contribution in [2.75, 3.05) is 45.9 Å². The van der Waals surface area contributed by atoms with Crippen molar-refractivity contribution in [1.82, 2.24) is 15.1 Å². The summed E-state index contributed by atoms with van der Waals surface area (Å²) in [7, 11) is 0. The predicted molar refractivity (Wildman–Crippen MR) is 123 cm³/mol. The van der Waals surface area contributed by atoms with E-state index in [1.54, 1.807) is 0 Å². The molecular weight excluding hydrogens is 386 g/mol. The fourth-order valence-corrected chi connectivity index (χ4v) is 6.48. The summed E-state index contributed by atoms with van der Waals surface area (Å²) in [5, 5.41) is 3.62. The molecule has 0 bridgehead atoms. The van der Waals surface area contributed by atoms with Crippen LogP contribution in [0, 0.1) is 11.3 Å². The third-order valence-electron chi connectivity index (χ3n) is 8.64. The van der Waals surface area contributed by atoms with Crippen LogP contribution in [0.15, 0.2) is 30.3 Å². The van der Waals surface area contributed by atoms with Gasteiger partial charge in [-0.2, -0.15) is 0 Å². The van der Waals surface area contributed by atoms with Crippen molar-refractivity contribution in [3.05, 3.63) is 35.9 Å². The van der Waals surface area contributed by atoms with Crippen LogP contribution < -0.4 is 5.32 Å². The largest absolute Gasteiger partial charge is 0.379 e. The third-order valence-corrected chi connectivity index (χ3v) is 8.64. The number of ether oxygens (including phenoxy) is 1. The Hall–Kier alpha value is -1.43. The number of benzene rings is 1. The van der Waals surface area contributed by atoms with Gasteiger partial charge in [-0.25, -0.2) is 0 Å². The van der Waals surface area contributed by atoms with Crippen LogP contribution in [0.3, 0.4) is 0 Å². The second-order valence-corrected chi connectivity index (χ2v) is 10.5. The van der Waals surface area contributed by atoms with Gasteiger partial charge < -0.3 is 15.0 Å². The Labute approximate surface area is 187 Å². The summed E-state index contributed by atoms with van der Waals surface area (Å²) in [5.74, 6) is 0.855. The normalized spacial score (nSPS) is 33.5. The minimum absolute atomic E-state index is 0.00666. The van der Waals surface area contributed by atoms with Crippen LogP contribution in [0.2, 0.25) is 0 Å². The van der Waals surface area contributed by atoms with E-state index in [1.165, 1.54) is 12.0 Å². The molecule has 1 aromatic carbocycles. The van der Waals surface area contributed by atoms with E-state index >= 15 is 0 Å². The number of hydrogen-bond acceptors (Lipinski definition) is 4. The molecule has 1 amide bonds. The Morgan fingerprint density at radius 1 is 1.10 bits per heavy atom. The summed E-state index contributed by atoms with van der Waals surface area (Å²) in [4.78, 5) is 19.1. The van der Waals surface area contributed by atoms with Gasteiger partial charge in [0.15, 0.2) is 0 Å². The van der Waals surface area contributed by atoms with Crippen molar-refractivity contribution < 1.29 is 9.53 Å². The van der Waals surface area contributed by atoms with E-state index < -0.39 is 0 Å². The second-order valence-electron chi connectivity index (χ2n) is 10.5. The molecule has 2 saturated heterocycles. The molecule has 0 aromatic heterocycles. The van der Waals surface area contributed by atoms with Crippen molar-refractivity contribution in [3.63, 3.8) is 0 Å². The number of carbonyl (C=O) groups is 1. The standard InChI is InChI=1S/C26H39N3O2/c1-2-28-13-9-22-18-23(29-14-16-31-17-15-29)8-10-26(22,20-28)24(30)27-25(11-12-25)19-21-6-4-3-5-7-21/h3-7,22-23H,2,8-20H2,1H3,(H,27,30)/t22-,23+,26-/m1/s1. The van der Waals surface area contributed by atoms with Gasteiger partial charge in [-0.05, 0) is 69.5 Å². The SMILES string of the molecule is CCN1CC[C@@H]2C[C@@H](N3CCOCC3)CC[C@@]2(C(=O)NC2(Cc3ccccc3)CC2)C1. The quantitative estimate of drug-likeness (QED) is 0.761. The Morgan fingerprint density at radius 2 is 1.87 bits per heavy atom. The topological polar surface area (TPSA) is 44.8 Å². The zero-order chi connectivity index (χ0) is 21.3. The minimum Gasteiger partial charge on any atom is -0.379 e. The molecular formula is C26H39N3O2. The van der Waals surface area contributed by atoms with Crippen molar-refractivity contribution in [2.24, 2.45) is 11.3 Å². The van der Waals surface area contributed by atoms with Crippen LogP contribution in [0.4, 0.5) is 0 Å². The minimum atomic E-state index is -0.205. The van der Waals surface area contributed by atoms with Gasteiger partial charge in [0.25, 0.3) is 0 Å². The highest BCUT2D eigenvalue weighted by atomic mass is 16.5. The van der Waals surface area contributed by atoms with E-state index in [9.17, 15) is 4.79 Å². The molecule has 4 aliphatic rings. The van der Waals surface area contributed by atoms with E-state index in [0.29, 0.717) is 17.9 Å². The summed E-state index contributed by atoms with van der Waals surface area (Å²) in [5.41, 5.74) is 1.13. The molecule has 5 heteroatoms. The molecule has 170 valence electrons. The molecule has 2 aliphatic heterocycles. The number of hydrogen-bond donors (Lipinski definition) is 1. The molecule has 0 spiro atoms. The first-order chi connectivity index (χ1) is 15.1. The number of likely N-dealkylation sites (tertiary alicyclic amines) is 1. The fraction of sp³-hybridized carbons (Fsp3) is 0.731. The maximum atomic E-state index is 14.0. The third kappa shape index (κ3) is 4.42. The van der Waals surface area contributed by atoms with Gasteiger partial charge in [-0.15, -0.1) is 0 Å². The highest BCUT2D eigenvalue weighted by Crippen LogP contribution is 2.49. The molecule has 2 heterocycles. The summed E-state index contributed by atoms with van der Waals surface area (Å²) in [6.45, 7) is 9.19. The number of nitrogens with zero attached hydrogens (tertiary/aromatic N) is 2. The first-order valence-corrected chi connectivity index (χ1v) is 12.5. The number of fused-ring (bicyclic) bond motifs is 1. The van der Waals surface area contributed by atoms with Gasteiger partial charge >= 0.3 is 0 Å². The molecule has 0 radical (unpaired) electrons. The van der Waals surface area contributed by atoms with Crippen molar-refractivity contribution in [3.8, 4) is 0 Å². The number of nitrogens with one attached hydrogen (secondary N) is 1. The average Bonchev–Trinajstić information content (AvgIpc) is 3.58. The van der Waals surface area contributed by atoms with Gasteiger partial charge in [0.2, 0.25) is 5.91 Å². The molecule has 5 rings (SSSR count). The fourth-order valence-electron chi connectivity index (χ4n) is 6.48. The van der Waals surface area contributed by atoms with E-state index in [1.807, 2.05) is 0 Å². The van der Waals surface area contributed by atoms with Gasteiger partial charge in [0.1, 0.15) is 0 Å². The Morgan fingerprint density at radius 3 is 2.58 bits per heavy atom. The van der Waals surface area contributed by atoms with Crippen molar-refractivity contribution >= 4 is 5.91 Å².